The molecule has 1 atom stereocenters. The Morgan fingerprint density at radius 3 is 2.68 bits per heavy atom. The van der Waals surface area contributed by atoms with Crippen molar-refractivity contribution in [1.82, 2.24) is 20.1 Å². The molecule has 7 nitrogen and oxygen atoms in total. The van der Waals surface area contributed by atoms with E-state index in [1.807, 2.05) is 13.0 Å². The second-order valence-corrected chi connectivity index (χ2v) is 8.23. The molecule has 0 saturated heterocycles. The second kappa shape index (κ2) is 9.93. The monoisotopic (exact) mass is 461 g/mol. The Hall–Kier alpha value is -2.91. The molecule has 0 aliphatic heterocycles. The van der Waals surface area contributed by atoms with E-state index < -0.39 is 17.8 Å². The Kier molecular flexibility index (Phi) is 7.29. The molecule has 31 heavy (non-hydrogen) atoms. The lowest BCUT2D eigenvalue weighted by molar-refractivity contribution is -0.113. The number of nitrogens with one attached hydrogen (secondary N) is 2. The highest BCUT2D eigenvalue weighted by atomic mass is 35.5. The van der Waals surface area contributed by atoms with E-state index in [2.05, 4.69) is 20.8 Å². The molecule has 0 spiro atoms. The third kappa shape index (κ3) is 5.62. The molecule has 2 aromatic carbocycles. The average molecular weight is 462 g/mol. The van der Waals surface area contributed by atoms with Gasteiger partial charge in [-0.25, -0.2) is 4.39 Å². The molecular weight excluding hydrogens is 441 g/mol. The van der Waals surface area contributed by atoms with Crippen LogP contribution in [0.5, 0.6) is 0 Å². The molecule has 0 fully saturated rings. The quantitative estimate of drug-likeness (QED) is 0.516. The van der Waals surface area contributed by atoms with Crippen molar-refractivity contribution < 1.29 is 14.0 Å². The summed E-state index contributed by atoms with van der Waals surface area (Å²) < 4.78 is 15.5. The lowest BCUT2D eigenvalue weighted by Gasteiger charge is -2.14. The number of carbonyl (C=O) groups is 2. The molecule has 1 heterocycles. The lowest BCUT2D eigenvalue weighted by atomic mass is 10.2. The minimum atomic E-state index is -0.595. The average Bonchev–Trinajstić information content (AvgIpc) is 3.10. The minimum absolute atomic E-state index is 0.0426. The first-order valence-corrected chi connectivity index (χ1v) is 10.8. The molecule has 1 aromatic heterocycles. The first-order valence-electron chi connectivity index (χ1n) is 9.39. The second-order valence-electron chi connectivity index (χ2n) is 6.88. The summed E-state index contributed by atoms with van der Waals surface area (Å²) in [6.07, 6.45) is 0. The van der Waals surface area contributed by atoms with Gasteiger partial charge in [0.15, 0.2) is 11.0 Å². The highest BCUT2D eigenvalue weighted by molar-refractivity contribution is 7.99. The molecule has 3 aromatic rings. The maximum atomic E-state index is 13.8. The Morgan fingerprint density at radius 2 is 1.97 bits per heavy atom. The number of anilines is 1. The number of benzene rings is 2. The Morgan fingerprint density at radius 1 is 1.23 bits per heavy atom. The normalized spacial score (nSPS) is 11.8. The van der Waals surface area contributed by atoms with Crippen molar-refractivity contribution in [1.29, 1.82) is 0 Å². The first-order chi connectivity index (χ1) is 14.8. The predicted octanol–water partition coefficient (Wildman–Crippen LogP) is 4.14. The van der Waals surface area contributed by atoms with E-state index in [0.717, 1.165) is 5.56 Å². The van der Waals surface area contributed by atoms with E-state index in [1.54, 1.807) is 36.7 Å². The highest BCUT2D eigenvalue weighted by Gasteiger charge is 2.20. The third-order valence-electron chi connectivity index (χ3n) is 4.51. The maximum absolute atomic E-state index is 13.8. The smallest absolute Gasteiger partial charge is 0.254 e. The molecule has 2 amide bonds. The van der Waals surface area contributed by atoms with Crippen LogP contribution in [0.2, 0.25) is 5.02 Å². The number of nitrogens with zero attached hydrogens (tertiary/aromatic N) is 3. The van der Waals surface area contributed by atoms with E-state index in [1.165, 1.54) is 30.0 Å². The van der Waals surface area contributed by atoms with Crippen molar-refractivity contribution in [3.63, 3.8) is 0 Å². The van der Waals surface area contributed by atoms with E-state index in [4.69, 9.17) is 11.6 Å². The molecule has 0 aliphatic carbocycles. The molecule has 0 radical (unpaired) electrons. The molecular formula is C21H21ClFN5O2S. The summed E-state index contributed by atoms with van der Waals surface area (Å²) in [4.78, 5) is 24.6. The van der Waals surface area contributed by atoms with Crippen LogP contribution in [0.4, 0.5) is 10.1 Å². The zero-order valence-corrected chi connectivity index (χ0v) is 18.7. The maximum Gasteiger partial charge on any atom is 0.254 e. The molecule has 2 N–H and O–H groups in total. The Labute approximate surface area is 188 Å². The molecule has 0 unspecified atom stereocenters. The highest BCUT2D eigenvalue weighted by Crippen LogP contribution is 2.22. The summed E-state index contributed by atoms with van der Waals surface area (Å²) in [5.41, 5.74) is 1.50. The van der Waals surface area contributed by atoms with Crippen LogP contribution >= 0.6 is 23.4 Å². The van der Waals surface area contributed by atoms with Crippen molar-refractivity contribution in [3.8, 4) is 0 Å². The minimum Gasteiger partial charge on any atom is -0.342 e. The number of rotatable bonds is 7. The standard InChI is InChI=1S/C21H21ClFN5O2S/c1-12-8-9-14(10-16(12)22)25-18(29)11-31-21-27-26-19(28(21)3)13(2)24-20(30)15-6-4-5-7-17(15)23/h4-10,13H,11H2,1-3H3,(H,24,30)(H,25,29)/t13-/m1/s1. The van der Waals surface area contributed by atoms with Crippen LogP contribution in [0.3, 0.4) is 0 Å². The van der Waals surface area contributed by atoms with Crippen LogP contribution in [0.1, 0.15) is 34.7 Å². The number of thioether (sulfide) groups is 1. The van der Waals surface area contributed by atoms with Gasteiger partial charge in [0, 0.05) is 17.8 Å². The summed E-state index contributed by atoms with van der Waals surface area (Å²) in [5, 5.41) is 14.8. The van der Waals surface area contributed by atoms with Gasteiger partial charge in [-0.1, -0.05) is 41.6 Å². The summed E-state index contributed by atoms with van der Waals surface area (Å²) in [6.45, 7) is 3.61. The number of amides is 2. The number of carbonyl (C=O) groups excluding carboxylic acids is 2. The van der Waals surface area contributed by atoms with Gasteiger partial charge in [-0.3, -0.25) is 9.59 Å². The molecule has 0 bridgehead atoms. The fourth-order valence-electron chi connectivity index (χ4n) is 2.81. The summed E-state index contributed by atoms with van der Waals surface area (Å²) in [7, 11) is 1.74. The number of aromatic nitrogens is 3. The first kappa shape index (κ1) is 22.8. The molecule has 0 saturated carbocycles. The summed E-state index contributed by atoms with van der Waals surface area (Å²) >= 11 is 7.29. The van der Waals surface area contributed by atoms with Gasteiger partial charge >= 0.3 is 0 Å². The van der Waals surface area contributed by atoms with Crippen LogP contribution in [-0.4, -0.2) is 32.3 Å². The van der Waals surface area contributed by atoms with Crippen molar-refractivity contribution in [2.75, 3.05) is 11.1 Å². The van der Waals surface area contributed by atoms with E-state index in [0.29, 0.717) is 21.7 Å². The van der Waals surface area contributed by atoms with Gasteiger partial charge in [-0.15, -0.1) is 10.2 Å². The summed E-state index contributed by atoms with van der Waals surface area (Å²) in [5.74, 6) is -0.748. The summed E-state index contributed by atoms with van der Waals surface area (Å²) in [6, 6.07) is 10.5. The van der Waals surface area contributed by atoms with Crippen molar-refractivity contribution >= 4 is 40.9 Å². The van der Waals surface area contributed by atoms with E-state index in [9.17, 15) is 14.0 Å². The van der Waals surface area contributed by atoms with Crippen molar-refractivity contribution in [3.05, 3.63) is 70.3 Å². The number of hydrogen-bond donors (Lipinski definition) is 2. The van der Waals surface area contributed by atoms with Gasteiger partial charge in [0.1, 0.15) is 5.82 Å². The largest absolute Gasteiger partial charge is 0.342 e. The van der Waals surface area contributed by atoms with E-state index >= 15 is 0 Å². The SMILES string of the molecule is Cc1ccc(NC(=O)CSc2nnc([C@@H](C)NC(=O)c3ccccc3F)n2C)cc1Cl. The fourth-order valence-corrected chi connectivity index (χ4v) is 3.71. The zero-order valence-electron chi connectivity index (χ0n) is 17.1. The van der Waals surface area contributed by atoms with Gasteiger partial charge in [0.25, 0.3) is 5.91 Å². The Balaban J connectivity index is 1.59. The number of aryl methyl sites for hydroxylation is 1. The third-order valence-corrected chi connectivity index (χ3v) is 5.94. The molecule has 0 aliphatic rings. The molecule has 162 valence electrons. The van der Waals surface area contributed by atoms with Crippen molar-refractivity contribution in [2.24, 2.45) is 7.05 Å². The van der Waals surface area contributed by atoms with Crippen LogP contribution in [-0.2, 0) is 11.8 Å². The zero-order chi connectivity index (χ0) is 22.5. The Bertz CT molecular complexity index is 1120. The predicted molar refractivity (Wildman–Crippen MR) is 119 cm³/mol. The van der Waals surface area contributed by atoms with Gasteiger partial charge in [0.05, 0.1) is 17.4 Å². The lowest BCUT2D eigenvalue weighted by Crippen LogP contribution is -2.29. The van der Waals surface area contributed by atoms with E-state index in [-0.39, 0.29) is 17.2 Å². The fraction of sp³-hybridized carbons (Fsp3) is 0.238. The van der Waals surface area contributed by atoms with Gasteiger partial charge in [0.2, 0.25) is 5.91 Å². The van der Waals surface area contributed by atoms with Crippen LogP contribution in [0, 0.1) is 12.7 Å². The van der Waals surface area contributed by atoms with Gasteiger partial charge in [-0.2, -0.15) is 0 Å². The van der Waals surface area contributed by atoms with Gasteiger partial charge < -0.3 is 15.2 Å². The van der Waals surface area contributed by atoms with Crippen LogP contribution in [0.15, 0.2) is 47.6 Å². The number of halogens is 2. The molecule has 3 rings (SSSR count). The number of hydrogen-bond acceptors (Lipinski definition) is 5. The van der Waals surface area contributed by atoms with Crippen LogP contribution in [0.25, 0.3) is 0 Å². The molecule has 10 heteroatoms. The van der Waals surface area contributed by atoms with Crippen molar-refractivity contribution in [2.45, 2.75) is 25.0 Å². The topological polar surface area (TPSA) is 88.9 Å². The van der Waals surface area contributed by atoms with Gasteiger partial charge in [-0.05, 0) is 43.7 Å². The van der Waals surface area contributed by atoms with Crippen LogP contribution < -0.4 is 10.6 Å².